The molecule has 0 radical (unpaired) electrons. The molecule has 2 N–H and O–H groups in total. The fraction of sp³-hybridized carbons (Fsp3) is 0.381. The number of fused-ring (bicyclic) bond motifs is 1. The summed E-state index contributed by atoms with van der Waals surface area (Å²) in [7, 11) is 0. The van der Waals surface area contributed by atoms with Gasteiger partial charge in [0, 0.05) is 17.6 Å². The van der Waals surface area contributed by atoms with E-state index in [0.29, 0.717) is 5.92 Å². The molecule has 1 fully saturated rings. The third kappa shape index (κ3) is 3.52. The van der Waals surface area contributed by atoms with E-state index in [2.05, 4.69) is 17.6 Å². The zero-order chi connectivity index (χ0) is 18.1. The molecule has 0 spiro atoms. The van der Waals surface area contributed by atoms with E-state index in [1.165, 1.54) is 25.0 Å². The Morgan fingerprint density at radius 1 is 1.23 bits per heavy atom. The van der Waals surface area contributed by atoms with E-state index in [-0.39, 0.29) is 30.4 Å². The van der Waals surface area contributed by atoms with Gasteiger partial charge in [0.15, 0.2) is 0 Å². The largest absolute Gasteiger partial charge is 0.445 e. The van der Waals surface area contributed by atoms with E-state index in [1.54, 1.807) is 6.07 Å². The number of carbonyl (C=O) groups is 1. The smallest absolute Gasteiger partial charge is 0.407 e. The first-order valence-electron chi connectivity index (χ1n) is 9.15. The van der Waals surface area contributed by atoms with Crippen LogP contribution < -0.4 is 10.6 Å². The van der Waals surface area contributed by atoms with E-state index in [9.17, 15) is 9.18 Å². The third-order valence-corrected chi connectivity index (χ3v) is 5.38. The van der Waals surface area contributed by atoms with Crippen molar-refractivity contribution in [3.63, 3.8) is 0 Å². The van der Waals surface area contributed by atoms with Gasteiger partial charge in [-0.2, -0.15) is 0 Å². The predicted molar refractivity (Wildman–Crippen MR) is 98.2 cm³/mol. The van der Waals surface area contributed by atoms with Crippen molar-refractivity contribution in [1.82, 2.24) is 5.32 Å². The molecule has 4 nitrogen and oxygen atoms in total. The second-order valence-electron chi connectivity index (χ2n) is 7.28. The summed E-state index contributed by atoms with van der Waals surface area (Å²) in [6.45, 7) is 2.36. The molecule has 0 aromatic heterocycles. The first-order valence-corrected chi connectivity index (χ1v) is 9.15. The predicted octanol–water partition coefficient (Wildman–Crippen LogP) is 4.63. The fourth-order valence-electron chi connectivity index (χ4n) is 3.83. The summed E-state index contributed by atoms with van der Waals surface area (Å²) < 4.78 is 19.1. The number of nitrogens with one attached hydrogen (secondary N) is 2. The summed E-state index contributed by atoms with van der Waals surface area (Å²) in [5.74, 6) is 0.515. The van der Waals surface area contributed by atoms with Crippen LogP contribution in [0.4, 0.5) is 14.9 Å². The van der Waals surface area contributed by atoms with Crippen LogP contribution in [0.25, 0.3) is 0 Å². The molecule has 1 aliphatic carbocycles. The number of carbonyl (C=O) groups excluding carboxylic acids is 1. The maximum absolute atomic E-state index is 13.7. The number of hydrogen-bond donors (Lipinski definition) is 2. The summed E-state index contributed by atoms with van der Waals surface area (Å²) in [5, 5.41) is 6.48. The Balaban J connectivity index is 1.49. The number of alkyl carbamates (subject to hydrolysis) is 1. The molecular formula is C21H23FN2O2. The van der Waals surface area contributed by atoms with Gasteiger partial charge >= 0.3 is 6.09 Å². The zero-order valence-electron chi connectivity index (χ0n) is 14.7. The van der Waals surface area contributed by atoms with E-state index in [1.807, 2.05) is 30.3 Å². The van der Waals surface area contributed by atoms with Gasteiger partial charge in [0.1, 0.15) is 12.4 Å². The van der Waals surface area contributed by atoms with Crippen molar-refractivity contribution in [3.8, 4) is 0 Å². The molecule has 26 heavy (non-hydrogen) atoms. The van der Waals surface area contributed by atoms with Crippen LogP contribution in [-0.2, 0) is 11.3 Å². The monoisotopic (exact) mass is 354 g/mol. The topological polar surface area (TPSA) is 50.4 Å². The number of halogens is 1. The van der Waals surface area contributed by atoms with Gasteiger partial charge < -0.3 is 15.4 Å². The van der Waals surface area contributed by atoms with Crippen molar-refractivity contribution < 1.29 is 13.9 Å². The first kappa shape index (κ1) is 16.9. The molecule has 1 saturated carbocycles. The Morgan fingerprint density at radius 3 is 2.73 bits per heavy atom. The summed E-state index contributed by atoms with van der Waals surface area (Å²) in [5.41, 5.74) is 2.63. The van der Waals surface area contributed by atoms with Crippen LogP contribution in [0.5, 0.6) is 0 Å². The van der Waals surface area contributed by atoms with Crippen LogP contribution >= 0.6 is 0 Å². The van der Waals surface area contributed by atoms with Crippen LogP contribution in [-0.4, -0.2) is 12.1 Å². The molecule has 0 bridgehead atoms. The Kier molecular flexibility index (Phi) is 4.53. The molecule has 2 aromatic carbocycles. The second-order valence-corrected chi connectivity index (χ2v) is 7.28. The van der Waals surface area contributed by atoms with Gasteiger partial charge in [0.2, 0.25) is 0 Å². The number of ether oxygens (including phenoxy) is 1. The van der Waals surface area contributed by atoms with Crippen molar-refractivity contribution in [2.45, 2.75) is 38.5 Å². The molecule has 2 aliphatic rings. The first-order chi connectivity index (χ1) is 12.6. The molecule has 1 amide bonds. The van der Waals surface area contributed by atoms with Crippen molar-refractivity contribution in [3.05, 3.63) is 65.5 Å². The minimum absolute atomic E-state index is 0.194. The number of anilines is 1. The highest BCUT2D eigenvalue weighted by molar-refractivity contribution is 5.69. The van der Waals surface area contributed by atoms with Crippen LogP contribution in [0.1, 0.15) is 36.9 Å². The Morgan fingerprint density at radius 2 is 2.00 bits per heavy atom. The van der Waals surface area contributed by atoms with Gasteiger partial charge in [0.25, 0.3) is 0 Å². The SMILES string of the molecule is C[C@@H]1C(NC(=O)OCc2ccccc2)c2ccc(F)cc2N[C@H]1C1CC1. The molecule has 1 heterocycles. The average molecular weight is 354 g/mol. The molecule has 5 heteroatoms. The van der Waals surface area contributed by atoms with Gasteiger partial charge in [-0.05, 0) is 42.0 Å². The Labute approximate surface area is 152 Å². The Hall–Kier alpha value is -2.56. The lowest BCUT2D eigenvalue weighted by Gasteiger charge is -2.39. The second kappa shape index (κ2) is 6.98. The van der Waals surface area contributed by atoms with E-state index < -0.39 is 6.09 Å². The highest BCUT2D eigenvalue weighted by Gasteiger charge is 2.42. The molecule has 2 aromatic rings. The molecular weight excluding hydrogens is 331 g/mol. The maximum atomic E-state index is 13.7. The lowest BCUT2D eigenvalue weighted by Crippen LogP contribution is -2.45. The van der Waals surface area contributed by atoms with Crippen molar-refractivity contribution in [2.75, 3.05) is 5.32 Å². The van der Waals surface area contributed by atoms with Crippen molar-refractivity contribution in [2.24, 2.45) is 11.8 Å². The highest BCUT2D eigenvalue weighted by atomic mass is 19.1. The number of benzene rings is 2. The van der Waals surface area contributed by atoms with E-state index in [0.717, 1.165) is 16.8 Å². The zero-order valence-corrected chi connectivity index (χ0v) is 14.7. The number of amides is 1. The van der Waals surface area contributed by atoms with Crippen LogP contribution in [0.2, 0.25) is 0 Å². The van der Waals surface area contributed by atoms with Gasteiger partial charge in [-0.25, -0.2) is 9.18 Å². The fourth-order valence-corrected chi connectivity index (χ4v) is 3.83. The lowest BCUT2D eigenvalue weighted by atomic mass is 9.81. The normalized spacial score (nSPS) is 24.3. The molecule has 1 unspecified atom stereocenters. The van der Waals surface area contributed by atoms with Gasteiger partial charge in [0.05, 0.1) is 6.04 Å². The lowest BCUT2D eigenvalue weighted by molar-refractivity contribution is 0.130. The summed E-state index contributed by atoms with van der Waals surface area (Å²) in [4.78, 5) is 12.4. The quantitative estimate of drug-likeness (QED) is 0.841. The molecule has 1 aliphatic heterocycles. The van der Waals surface area contributed by atoms with Crippen molar-refractivity contribution >= 4 is 11.8 Å². The molecule has 4 rings (SSSR count). The average Bonchev–Trinajstić information content (AvgIpc) is 3.48. The molecule has 136 valence electrons. The molecule has 0 saturated heterocycles. The maximum Gasteiger partial charge on any atom is 0.407 e. The Bertz CT molecular complexity index is 792. The van der Waals surface area contributed by atoms with Crippen LogP contribution in [0, 0.1) is 17.7 Å². The minimum atomic E-state index is -0.447. The number of rotatable bonds is 4. The van der Waals surface area contributed by atoms with Crippen LogP contribution in [0.15, 0.2) is 48.5 Å². The minimum Gasteiger partial charge on any atom is -0.445 e. The van der Waals surface area contributed by atoms with Crippen LogP contribution in [0.3, 0.4) is 0 Å². The van der Waals surface area contributed by atoms with E-state index in [4.69, 9.17) is 4.74 Å². The van der Waals surface area contributed by atoms with Crippen molar-refractivity contribution in [1.29, 1.82) is 0 Å². The standard InChI is InChI=1S/C21H23FN2O2/c1-13-19(15-7-8-15)23-18-11-16(22)9-10-17(18)20(13)24-21(25)26-12-14-5-3-2-4-6-14/h2-6,9-11,13,15,19-20,23H,7-8,12H2,1H3,(H,24,25)/t13-,19+,20?/m0/s1. The summed E-state index contributed by atoms with van der Waals surface area (Å²) >= 11 is 0. The highest BCUT2D eigenvalue weighted by Crippen LogP contribution is 2.45. The molecule has 3 atom stereocenters. The van der Waals surface area contributed by atoms with Gasteiger partial charge in [-0.15, -0.1) is 0 Å². The number of hydrogen-bond acceptors (Lipinski definition) is 3. The third-order valence-electron chi connectivity index (χ3n) is 5.38. The van der Waals surface area contributed by atoms with E-state index >= 15 is 0 Å². The summed E-state index contributed by atoms with van der Waals surface area (Å²) in [6, 6.07) is 14.3. The summed E-state index contributed by atoms with van der Waals surface area (Å²) in [6.07, 6.45) is 1.91. The van der Waals surface area contributed by atoms with Gasteiger partial charge in [-0.3, -0.25) is 0 Å². The van der Waals surface area contributed by atoms with Gasteiger partial charge in [-0.1, -0.05) is 43.3 Å².